The molecule has 2 rings (SSSR count). The monoisotopic (exact) mass is 370 g/mol. The van der Waals surface area contributed by atoms with E-state index in [2.05, 4.69) is 69.3 Å². The lowest BCUT2D eigenvalue weighted by Gasteiger charge is -2.43. The van der Waals surface area contributed by atoms with E-state index in [1.54, 1.807) is 0 Å². The highest BCUT2D eigenvalue weighted by atomic mass is 28.4. The van der Waals surface area contributed by atoms with Crippen molar-refractivity contribution in [1.82, 2.24) is 0 Å². The first-order valence-corrected chi connectivity index (χ1v) is 11.0. The molecule has 4 heteroatoms. The molecule has 3 nitrogen and oxygen atoms in total. The molecule has 2 aromatic carbocycles. The van der Waals surface area contributed by atoms with Crippen molar-refractivity contribution in [2.45, 2.75) is 39.2 Å². The van der Waals surface area contributed by atoms with Crippen molar-refractivity contribution in [3.05, 3.63) is 60.7 Å². The van der Waals surface area contributed by atoms with E-state index < -0.39 is 8.32 Å². The Bertz CT molecular complexity index is 653. The summed E-state index contributed by atoms with van der Waals surface area (Å²) in [6.07, 6.45) is 0.370. The highest BCUT2D eigenvalue weighted by Crippen LogP contribution is 2.37. The fourth-order valence-electron chi connectivity index (χ4n) is 3.46. The lowest BCUT2D eigenvalue weighted by atomic mass is 10.1. The van der Waals surface area contributed by atoms with E-state index in [-0.39, 0.29) is 16.9 Å². The van der Waals surface area contributed by atoms with Gasteiger partial charge >= 0.3 is 5.97 Å². The van der Waals surface area contributed by atoms with Gasteiger partial charge in [0, 0.05) is 6.61 Å². The average Bonchev–Trinajstić information content (AvgIpc) is 2.62. The van der Waals surface area contributed by atoms with Crippen molar-refractivity contribution in [1.29, 1.82) is 0 Å². The molecule has 2 aromatic rings. The molecule has 0 aliphatic carbocycles. The Morgan fingerprint density at radius 3 is 1.81 bits per heavy atom. The maximum Gasteiger partial charge on any atom is 0.305 e. The van der Waals surface area contributed by atoms with Gasteiger partial charge in [-0.25, -0.2) is 0 Å². The molecule has 1 atom stereocenters. The van der Waals surface area contributed by atoms with Crippen LogP contribution < -0.4 is 10.4 Å². The van der Waals surface area contributed by atoms with Gasteiger partial charge in [-0.3, -0.25) is 4.79 Å². The second-order valence-corrected chi connectivity index (χ2v) is 12.2. The van der Waals surface area contributed by atoms with Gasteiger partial charge in [-0.05, 0) is 21.3 Å². The summed E-state index contributed by atoms with van der Waals surface area (Å²) in [7, 11) is -1.10. The molecule has 0 aliphatic heterocycles. The van der Waals surface area contributed by atoms with E-state index in [0.717, 1.165) is 0 Å². The van der Waals surface area contributed by atoms with Gasteiger partial charge < -0.3 is 9.16 Å². The molecule has 0 bridgehead atoms. The SMILES string of the molecule is COC(=O)C[C@H](C)CO[Si](c1ccccc1)(c1ccccc1)C(C)(C)C. The van der Waals surface area contributed by atoms with Gasteiger partial charge in [-0.2, -0.15) is 0 Å². The van der Waals surface area contributed by atoms with Crippen LogP contribution in [0.3, 0.4) is 0 Å². The Kier molecular flexibility index (Phi) is 6.79. The quantitative estimate of drug-likeness (QED) is 0.550. The van der Waals surface area contributed by atoms with E-state index in [1.165, 1.54) is 17.5 Å². The Balaban J connectivity index is 2.46. The number of ether oxygens (including phenoxy) is 1. The Hall–Kier alpha value is -1.91. The fraction of sp³-hybridized carbons (Fsp3) is 0.409. The number of methoxy groups -OCH3 is 1. The van der Waals surface area contributed by atoms with Crippen LogP contribution >= 0.6 is 0 Å². The number of benzene rings is 2. The molecular formula is C22H30O3Si. The summed E-state index contributed by atoms with van der Waals surface area (Å²) >= 11 is 0. The molecule has 0 aromatic heterocycles. The number of hydrogen-bond donors (Lipinski definition) is 0. The topological polar surface area (TPSA) is 35.5 Å². The second-order valence-electron chi connectivity index (χ2n) is 7.86. The van der Waals surface area contributed by atoms with Gasteiger partial charge in [0.15, 0.2) is 0 Å². The zero-order valence-corrected chi connectivity index (χ0v) is 17.5. The summed E-state index contributed by atoms with van der Waals surface area (Å²) in [5.74, 6) is -0.0901. The maximum absolute atomic E-state index is 11.6. The Morgan fingerprint density at radius 2 is 1.42 bits per heavy atom. The highest BCUT2D eigenvalue weighted by Gasteiger charge is 2.50. The fourth-order valence-corrected chi connectivity index (χ4v) is 8.15. The third-order valence-corrected chi connectivity index (χ3v) is 9.75. The third kappa shape index (κ3) is 4.43. The summed E-state index contributed by atoms with van der Waals surface area (Å²) in [5.41, 5.74) is 0. The molecular weight excluding hydrogens is 340 g/mol. The zero-order valence-electron chi connectivity index (χ0n) is 16.5. The Morgan fingerprint density at radius 1 is 0.962 bits per heavy atom. The van der Waals surface area contributed by atoms with E-state index in [1.807, 2.05) is 19.1 Å². The minimum absolute atomic E-state index is 0.0549. The molecule has 0 spiro atoms. The van der Waals surface area contributed by atoms with Crippen molar-refractivity contribution in [3.8, 4) is 0 Å². The molecule has 0 aliphatic rings. The van der Waals surface area contributed by atoms with Crippen LogP contribution in [0.2, 0.25) is 5.04 Å². The van der Waals surface area contributed by atoms with Gasteiger partial charge in [-0.1, -0.05) is 88.4 Å². The molecule has 0 saturated carbocycles. The average molecular weight is 371 g/mol. The van der Waals surface area contributed by atoms with Crippen LogP contribution in [0.1, 0.15) is 34.1 Å². The molecule has 0 amide bonds. The normalized spacial score (nSPS) is 13.3. The van der Waals surface area contributed by atoms with Gasteiger partial charge in [0.05, 0.1) is 13.5 Å². The molecule has 0 N–H and O–H groups in total. The predicted molar refractivity (Wildman–Crippen MR) is 109 cm³/mol. The standard InChI is InChI=1S/C22H30O3Si/c1-18(16-21(23)24-5)17-25-26(22(2,3)4,19-12-8-6-9-13-19)20-14-10-7-11-15-20/h6-15,18H,16-17H2,1-5H3/t18-/m0/s1. The first-order chi connectivity index (χ1) is 12.3. The maximum atomic E-state index is 11.6. The minimum Gasteiger partial charge on any atom is -0.469 e. The molecule has 0 unspecified atom stereocenters. The van der Waals surface area contributed by atoms with E-state index >= 15 is 0 Å². The number of carbonyl (C=O) groups excluding carboxylic acids is 1. The van der Waals surface area contributed by atoms with E-state index in [0.29, 0.717) is 13.0 Å². The second kappa shape index (κ2) is 8.65. The summed E-state index contributed by atoms with van der Waals surface area (Å²) in [4.78, 5) is 11.6. The lowest BCUT2D eigenvalue weighted by molar-refractivity contribution is -0.141. The van der Waals surface area contributed by atoms with Crippen molar-refractivity contribution in [2.24, 2.45) is 5.92 Å². The third-order valence-electron chi connectivity index (χ3n) is 4.74. The van der Waals surface area contributed by atoms with Crippen LogP contribution in [0.15, 0.2) is 60.7 Å². The van der Waals surface area contributed by atoms with Crippen LogP contribution in [-0.4, -0.2) is 28.0 Å². The van der Waals surface area contributed by atoms with Crippen molar-refractivity contribution in [3.63, 3.8) is 0 Å². The number of rotatable bonds is 7. The summed E-state index contributed by atoms with van der Waals surface area (Å²) in [6.45, 7) is 9.33. The molecule has 0 radical (unpaired) electrons. The first-order valence-electron chi connectivity index (χ1n) is 9.13. The van der Waals surface area contributed by atoms with Crippen molar-refractivity contribution in [2.75, 3.05) is 13.7 Å². The van der Waals surface area contributed by atoms with Crippen LogP contribution in [0.4, 0.5) is 0 Å². The number of hydrogen-bond acceptors (Lipinski definition) is 3. The molecule has 26 heavy (non-hydrogen) atoms. The van der Waals surface area contributed by atoms with E-state index in [9.17, 15) is 4.79 Å². The van der Waals surface area contributed by atoms with Crippen LogP contribution in [0, 0.1) is 5.92 Å². The molecule has 0 fully saturated rings. The van der Waals surface area contributed by atoms with Gasteiger partial charge in [0.25, 0.3) is 8.32 Å². The van der Waals surface area contributed by atoms with Gasteiger partial charge in [0.1, 0.15) is 0 Å². The molecule has 0 heterocycles. The van der Waals surface area contributed by atoms with Crippen LogP contribution in [-0.2, 0) is 14.0 Å². The molecule has 0 saturated heterocycles. The van der Waals surface area contributed by atoms with Crippen LogP contribution in [0.5, 0.6) is 0 Å². The largest absolute Gasteiger partial charge is 0.469 e. The van der Waals surface area contributed by atoms with Crippen molar-refractivity contribution >= 4 is 24.7 Å². The highest BCUT2D eigenvalue weighted by molar-refractivity contribution is 6.99. The minimum atomic E-state index is -2.53. The Labute approximate surface area is 158 Å². The van der Waals surface area contributed by atoms with Crippen molar-refractivity contribution < 1.29 is 14.0 Å². The van der Waals surface area contributed by atoms with Gasteiger partial charge in [-0.15, -0.1) is 0 Å². The summed E-state index contributed by atoms with van der Waals surface area (Å²) in [5, 5.41) is 2.45. The predicted octanol–water partition coefficient (Wildman–Crippen LogP) is 3.76. The summed E-state index contributed by atoms with van der Waals surface area (Å²) in [6, 6.07) is 21.1. The molecule has 140 valence electrons. The summed E-state index contributed by atoms with van der Waals surface area (Å²) < 4.78 is 11.6. The van der Waals surface area contributed by atoms with E-state index in [4.69, 9.17) is 9.16 Å². The van der Waals surface area contributed by atoms with Gasteiger partial charge in [0.2, 0.25) is 0 Å². The zero-order chi connectivity index (χ0) is 19.2. The lowest BCUT2D eigenvalue weighted by Crippen LogP contribution is -2.66. The first kappa shape index (κ1) is 20.4. The number of carbonyl (C=O) groups is 1. The number of esters is 1. The van der Waals surface area contributed by atoms with Crippen LogP contribution in [0.25, 0.3) is 0 Å². The smallest absolute Gasteiger partial charge is 0.305 e.